The number of aryl methyl sites for hydroxylation is 1. The Hall–Kier alpha value is -0.650. The number of benzene rings is 2. The van der Waals surface area contributed by atoms with Crippen molar-refractivity contribution < 1.29 is 5.11 Å². The van der Waals surface area contributed by atoms with E-state index >= 15 is 0 Å². The molecule has 2 heterocycles. The molecular formula is C20H18BrI2N3O. The van der Waals surface area contributed by atoms with Crippen LogP contribution >= 0.6 is 61.1 Å². The maximum atomic E-state index is 10.8. The van der Waals surface area contributed by atoms with Gasteiger partial charge in [0.15, 0.2) is 0 Å². The molecule has 0 amide bonds. The molecule has 27 heavy (non-hydrogen) atoms. The van der Waals surface area contributed by atoms with Crippen LogP contribution in [0.4, 0.5) is 0 Å². The van der Waals surface area contributed by atoms with Gasteiger partial charge in [0.2, 0.25) is 0 Å². The number of fused-ring (bicyclic) bond motifs is 3. The van der Waals surface area contributed by atoms with Crippen LogP contribution in [-0.2, 0) is 13.1 Å². The van der Waals surface area contributed by atoms with Gasteiger partial charge < -0.3 is 9.67 Å². The Balaban J connectivity index is 1.75. The Morgan fingerprint density at radius 1 is 1.00 bits per heavy atom. The molecule has 0 aliphatic rings. The van der Waals surface area contributed by atoms with Crippen molar-refractivity contribution in [1.82, 2.24) is 14.3 Å². The minimum Gasteiger partial charge on any atom is -0.389 e. The summed E-state index contributed by atoms with van der Waals surface area (Å²) in [5.41, 5.74) is 4.29. The third-order valence-corrected chi connectivity index (χ3v) is 7.35. The molecule has 0 saturated heterocycles. The molecule has 0 aliphatic carbocycles. The van der Waals surface area contributed by atoms with Crippen LogP contribution in [0.25, 0.3) is 21.8 Å². The fourth-order valence-electron chi connectivity index (χ4n) is 3.57. The van der Waals surface area contributed by atoms with Crippen molar-refractivity contribution >= 4 is 82.9 Å². The second-order valence-electron chi connectivity index (χ2n) is 6.75. The van der Waals surface area contributed by atoms with Gasteiger partial charge in [-0.15, -0.1) is 0 Å². The van der Waals surface area contributed by atoms with E-state index < -0.39 is 6.10 Å². The molecule has 0 fully saturated rings. The Labute approximate surface area is 193 Å². The molecule has 0 bridgehead atoms. The van der Waals surface area contributed by atoms with Crippen LogP contribution in [-0.4, -0.2) is 25.6 Å². The first-order valence-electron chi connectivity index (χ1n) is 8.59. The van der Waals surface area contributed by atoms with Crippen LogP contribution in [0.1, 0.15) is 11.4 Å². The van der Waals surface area contributed by atoms with Gasteiger partial charge in [0.1, 0.15) is 0 Å². The number of halogens is 3. The van der Waals surface area contributed by atoms with Gasteiger partial charge in [0.25, 0.3) is 0 Å². The highest BCUT2D eigenvalue weighted by atomic mass is 127. The minimum atomic E-state index is -0.535. The van der Waals surface area contributed by atoms with Gasteiger partial charge in [0.05, 0.1) is 29.4 Å². The lowest BCUT2D eigenvalue weighted by atomic mass is 10.2. The molecule has 1 atom stereocenters. The summed E-state index contributed by atoms with van der Waals surface area (Å²) >= 11 is 8.26. The summed E-state index contributed by atoms with van der Waals surface area (Å²) < 4.78 is 7.54. The van der Waals surface area contributed by atoms with Crippen molar-refractivity contribution in [3.63, 3.8) is 0 Å². The van der Waals surface area contributed by atoms with Gasteiger partial charge in [-0.2, -0.15) is 5.10 Å². The summed E-state index contributed by atoms with van der Waals surface area (Å²) in [6.07, 6.45) is -0.535. The molecule has 0 aliphatic heterocycles. The van der Waals surface area contributed by atoms with E-state index in [1.165, 1.54) is 17.9 Å². The summed E-state index contributed by atoms with van der Waals surface area (Å²) in [6, 6.07) is 13.0. The number of hydrogen-bond acceptors (Lipinski definition) is 2. The summed E-state index contributed by atoms with van der Waals surface area (Å²) in [4.78, 5) is 0. The van der Waals surface area contributed by atoms with Crippen LogP contribution < -0.4 is 0 Å². The van der Waals surface area contributed by atoms with Crippen molar-refractivity contribution in [3.05, 3.63) is 59.4 Å². The number of aliphatic hydroxyl groups excluding tert-OH is 1. The topological polar surface area (TPSA) is 43.0 Å². The molecule has 1 N–H and O–H groups in total. The van der Waals surface area contributed by atoms with Gasteiger partial charge in [0, 0.05) is 34.6 Å². The number of hydrogen-bond donors (Lipinski definition) is 1. The lowest BCUT2D eigenvalue weighted by Crippen LogP contribution is -2.23. The zero-order valence-electron chi connectivity index (χ0n) is 14.9. The Kier molecular flexibility index (Phi) is 5.56. The van der Waals surface area contributed by atoms with Crippen LogP contribution in [0.2, 0.25) is 0 Å². The van der Waals surface area contributed by atoms with Gasteiger partial charge in [-0.3, -0.25) is 4.68 Å². The highest BCUT2D eigenvalue weighted by Gasteiger charge is 2.17. The lowest BCUT2D eigenvalue weighted by Gasteiger charge is -2.15. The first kappa shape index (κ1) is 19.7. The summed E-state index contributed by atoms with van der Waals surface area (Å²) in [7, 11) is 0. The molecule has 7 heteroatoms. The molecule has 140 valence electrons. The second kappa shape index (κ2) is 7.64. The van der Waals surface area contributed by atoms with Crippen molar-refractivity contribution in [3.8, 4) is 0 Å². The zero-order valence-corrected chi connectivity index (χ0v) is 20.8. The lowest BCUT2D eigenvalue weighted by molar-refractivity contribution is 0.132. The smallest absolute Gasteiger partial charge is 0.0914 e. The normalized spacial score (nSPS) is 13.0. The highest BCUT2D eigenvalue weighted by molar-refractivity contribution is 14.1. The molecule has 4 aromatic rings. The molecule has 2 aromatic heterocycles. The van der Waals surface area contributed by atoms with Gasteiger partial charge in [-0.1, -0.05) is 0 Å². The molecule has 4 rings (SSSR count). The average Bonchev–Trinajstić information content (AvgIpc) is 3.04. The Morgan fingerprint density at radius 2 is 1.56 bits per heavy atom. The average molecular weight is 650 g/mol. The highest BCUT2D eigenvalue weighted by Crippen LogP contribution is 2.32. The standard InChI is InChI=1S/C20H18BrI2N3O/c1-11-20(21)12(2)26(24-11)10-15(27)9-25-18-5-3-13(22)7-16(18)17-8-14(23)4-6-19(17)25/h3-8,15,27H,9-10H2,1-2H3/t15-/m0/s1. The van der Waals surface area contributed by atoms with E-state index in [1.807, 2.05) is 18.5 Å². The largest absolute Gasteiger partial charge is 0.389 e. The van der Waals surface area contributed by atoms with Crippen molar-refractivity contribution in [2.24, 2.45) is 0 Å². The first-order valence-corrected chi connectivity index (χ1v) is 11.5. The molecule has 0 spiro atoms. The van der Waals surface area contributed by atoms with E-state index in [4.69, 9.17) is 0 Å². The SMILES string of the molecule is Cc1nn(C[C@@H](O)Cn2c3ccc(I)cc3c3cc(I)ccc32)c(C)c1Br. The van der Waals surface area contributed by atoms with E-state index in [1.54, 1.807) is 0 Å². The van der Waals surface area contributed by atoms with Gasteiger partial charge in [-0.05, 0) is 111 Å². The number of aromatic nitrogens is 3. The molecule has 0 saturated carbocycles. The van der Waals surface area contributed by atoms with E-state index in [2.05, 4.69) is 107 Å². The maximum absolute atomic E-state index is 10.8. The van der Waals surface area contributed by atoms with Gasteiger partial charge in [-0.25, -0.2) is 0 Å². The van der Waals surface area contributed by atoms with Crippen LogP contribution in [0.15, 0.2) is 40.9 Å². The third-order valence-electron chi connectivity index (χ3n) is 4.86. The predicted octanol–water partition coefficient (Wildman–Crippen LogP) is 5.64. The zero-order chi connectivity index (χ0) is 19.3. The van der Waals surface area contributed by atoms with Crippen LogP contribution in [0, 0.1) is 21.0 Å². The summed E-state index contributed by atoms with van der Waals surface area (Å²) in [5.74, 6) is 0. The summed E-state index contributed by atoms with van der Waals surface area (Å²) in [6.45, 7) is 4.97. The van der Waals surface area contributed by atoms with E-state index in [-0.39, 0.29) is 0 Å². The van der Waals surface area contributed by atoms with Crippen LogP contribution in [0.5, 0.6) is 0 Å². The molecule has 0 radical (unpaired) electrons. The number of nitrogens with zero attached hydrogens (tertiary/aromatic N) is 3. The third kappa shape index (κ3) is 3.67. The quantitative estimate of drug-likeness (QED) is 0.291. The van der Waals surface area contributed by atoms with E-state index in [9.17, 15) is 5.11 Å². The second-order valence-corrected chi connectivity index (χ2v) is 10.0. The Morgan fingerprint density at radius 3 is 2.04 bits per heavy atom. The maximum Gasteiger partial charge on any atom is 0.0914 e. The number of rotatable bonds is 4. The first-order chi connectivity index (χ1) is 12.8. The fourth-order valence-corrected chi connectivity index (χ4v) is 4.83. The molecule has 2 aromatic carbocycles. The molecule has 0 unspecified atom stereocenters. The molecular weight excluding hydrogens is 632 g/mol. The van der Waals surface area contributed by atoms with Crippen LogP contribution in [0.3, 0.4) is 0 Å². The monoisotopic (exact) mass is 649 g/mol. The van der Waals surface area contributed by atoms with E-state index in [0.29, 0.717) is 13.1 Å². The minimum absolute atomic E-state index is 0.466. The summed E-state index contributed by atoms with van der Waals surface area (Å²) in [5, 5.41) is 17.8. The van der Waals surface area contributed by atoms with Crippen molar-refractivity contribution in [2.45, 2.75) is 33.0 Å². The fraction of sp³-hybridized carbons (Fsp3) is 0.250. The Bertz CT molecular complexity index is 1110. The predicted molar refractivity (Wildman–Crippen MR) is 130 cm³/mol. The van der Waals surface area contributed by atoms with E-state index in [0.717, 1.165) is 26.9 Å². The van der Waals surface area contributed by atoms with Gasteiger partial charge >= 0.3 is 0 Å². The van der Waals surface area contributed by atoms with Crippen molar-refractivity contribution in [1.29, 1.82) is 0 Å². The number of aliphatic hydroxyl groups is 1. The van der Waals surface area contributed by atoms with Crippen molar-refractivity contribution in [2.75, 3.05) is 0 Å². The molecule has 4 nitrogen and oxygen atoms in total.